The van der Waals surface area contributed by atoms with Crippen LogP contribution in [0, 0.1) is 6.45 Å². The lowest BCUT2D eigenvalue weighted by Crippen LogP contribution is -3.61. The van der Waals surface area contributed by atoms with Crippen LogP contribution < -0.4 is 21.2 Å². The molecule has 0 saturated carbocycles. The van der Waals surface area contributed by atoms with Crippen LogP contribution in [0.3, 0.4) is 0 Å². The molecule has 0 unspecified atom stereocenters. The van der Waals surface area contributed by atoms with Crippen molar-refractivity contribution < 1.29 is 47.5 Å². The quantitative estimate of drug-likeness (QED) is 0.377. The number of hydrogen-bond donors (Lipinski definition) is 0. The van der Waals surface area contributed by atoms with E-state index < -0.39 is 44.7 Å². The molecule has 132 valence electrons. The van der Waals surface area contributed by atoms with E-state index in [1.165, 1.54) is 22.7 Å². The van der Waals surface area contributed by atoms with Gasteiger partial charge < -0.3 is 0 Å². The minimum absolute atomic E-state index is 0.0977. The summed E-state index contributed by atoms with van der Waals surface area (Å²) in [6, 6.07) is 9.25. The van der Waals surface area contributed by atoms with Crippen LogP contribution in [0.4, 0.5) is 26.3 Å². The van der Waals surface area contributed by atoms with E-state index in [1.54, 1.807) is 6.07 Å². The van der Waals surface area contributed by atoms with Crippen molar-refractivity contribution in [1.29, 1.82) is 0 Å². The first kappa shape index (κ1) is 18.7. The summed E-state index contributed by atoms with van der Waals surface area (Å²) >= 11 is 1.81. The van der Waals surface area contributed by atoms with E-state index in [0.29, 0.717) is 0 Å². The third-order valence-electron chi connectivity index (χ3n) is 3.09. The zero-order valence-electron chi connectivity index (χ0n) is 12.1. The van der Waals surface area contributed by atoms with Crippen molar-refractivity contribution in [2.24, 2.45) is 0 Å². The maximum atomic E-state index is 12.9. The zero-order valence-corrected chi connectivity index (χ0v) is 15.9. The number of rotatable bonds is 3. The molecule has 0 fully saturated rings. The Hall–Kier alpha value is -1.07. The minimum Gasteiger partial charge on any atom is -0.166 e. The second-order valence-corrected chi connectivity index (χ2v) is 10.6. The molecular formula is C16H8F6IS2+. The molecule has 0 bridgehead atoms. The maximum Gasteiger partial charge on any atom is 0.416 e. The monoisotopic (exact) mass is 505 g/mol. The summed E-state index contributed by atoms with van der Waals surface area (Å²) in [7, 11) is 0. The Labute approximate surface area is 157 Å². The Kier molecular flexibility index (Phi) is 5.18. The number of hydrogen-bond acceptors (Lipinski definition) is 2. The molecule has 0 saturated heterocycles. The van der Waals surface area contributed by atoms with Crippen molar-refractivity contribution in [3.05, 3.63) is 65.4 Å². The highest BCUT2D eigenvalue weighted by molar-refractivity contribution is 7.20. The molecule has 2 aromatic heterocycles. The highest BCUT2D eigenvalue weighted by Gasteiger charge is 2.39. The Morgan fingerprint density at radius 3 is 1.92 bits per heavy atom. The first-order valence-electron chi connectivity index (χ1n) is 6.71. The van der Waals surface area contributed by atoms with Gasteiger partial charge >= 0.3 is 33.6 Å². The van der Waals surface area contributed by atoms with Gasteiger partial charge in [-0.1, -0.05) is 17.4 Å². The van der Waals surface area contributed by atoms with E-state index in [1.807, 2.05) is 23.6 Å². The van der Waals surface area contributed by atoms with Crippen LogP contribution in [0.25, 0.3) is 9.75 Å². The van der Waals surface area contributed by atoms with Gasteiger partial charge in [-0.2, -0.15) is 26.3 Å². The van der Waals surface area contributed by atoms with E-state index in [2.05, 4.69) is 0 Å². The third-order valence-corrected chi connectivity index (χ3v) is 8.35. The largest absolute Gasteiger partial charge is 0.416 e. The molecule has 0 aliphatic heterocycles. The van der Waals surface area contributed by atoms with E-state index in [9.17, 15) is 26.3 Å². The maximum absolute atomic E-state index is 12.9. The van der Waals surface area contributed by atoms with Crippen LogP contribution in [0.1, 0.15) is 11.1 Å². The predicted octanol–water partition coefficient (Wildman–Crippen LogP) is 3.64. The van der Waals surface area contributed by atoms with Crippen molar-refractivity contribution in [1.82, 2.24) is 0 Å². The molecule has 0 nitrogen and oxygen atoms in total. The van der Waals surface area contributed by atoms with Crippen molar-refractivity contribution in [2.75, 3.05) is 0 Å². The van der Waals surface area contributed by atoms with Gasteiger partial charge in [0.25, 0.3) is 0 Å². The Balaban J connectivity index is 1.94. The second kappa shape index (κ2) is 6.92. The summed E-state index contributed by atoms with van der Waals surface area (Å²) in [5.74, 6) is 0. The molecule has 0 radical (unpaired) electrons. The van der Waals surface area contributed by atoms with Gasteiger partial charge in [0.05, 0.1) is 11.1 Å². The lowest BCUT2D eigenvalue weighted by molar-refractivity contribution is -0.591. The molecule has 0 aliphatic carbocycles. The van der Waals surface area contributed by atoms with Crippen molar-refractivity contribution in [3.63, 3.8) is 0 Å². The average molecular weight is 505 g/mol. The summed E-state index contributed by atoms with van der Waals surface area (Å²) in [6.45, 7) is 0. The average Bonchev–Trinajstić information content (AvgIpc) is 3.15. The third kappa shape index (κ3) is 4.56. The van der Waals surface area contributed by atoms with Gasteiger partial charge in [-0.15, -0.1) is 11.3 Å². The Morgan fingerprint density at radius 1 is 0.760 bits per heavy atom. The molecule has 3 aromatic rings. The fourth-order valence-electron chi connectivity index (χ4n) is 2.00. The van der Waals surface area contributed by atoms with Crippen LogP contribution in [-0.2, 0) is 12.4 Å². The van der Waals surface area contributed by atoms with Gasteiger partial charge in [-0.3, -0.25) is 0 Å². The highest BCUT2D eigenvalue weighted by atomic mass is 127. The topological polar surface area (TPSA) is 0 Å². The molecule has 0 atom stereocenters. The summed E-state index contributed by atoms with van der Waals surface area (Å²) < 4.78 is 78.4. The molecule has 0 N–H and O–H groups in total. The van der Waals surface area contributed by atoms with Crippen molar-refractivity contribution in [2.45, 2.75) is 12.4 Å². The molecule has 3 rings (SSSR count). The van der Waals surface area contributed by atoms with Crippen LogP contribution in [0.2, 0.25) is 0 Å². The smallest absolute Gasteiger partial charge is 0.166 e. The number of halogens is 7. The first-order chi connectivity index (χ1) is 11.6. The Bertz CT molecular complexity index is 829. The molecular weight excluding hydrogens is 497 g/mol. The van der Waals surface area contributed by atoms with Crippen molar-refractivity contribution in [3.8, 4) is 9.75 Å². The molecule has 0 spiro atoms. The van der Waals surface area contributed by atoms with Gasteiger partial charge in [0.1, 0.15) is 0 Å². The molecule has 0 aliphatic rings. The van der Waals surface area contributed by atoms with Gasteiger partial charge in [0, 0.05) is 28.0 Å². The molecule has 1 aromatic carbocycles. The summed E-state index contributed by atoms with van der Waals surface area (Å²) in [6.07, 6.45) is -9.62. The lowest BCUT2D eigenvalue weighted by Gasteiger charge is -2.10. The number of benzene rings is 1. The zero-order chi connectivity index (χ0) is 18.2. The molecule has 25 heavy (non-hydrogen) atoms. The van der Waals surface area contributed by atoms with Crippen LogP contribution in [0.15, 0.2) is 47.8 Å². The normalized spacial score (nSPS) is 12.6. The lowest BCUT2D eigenvalue weighted by atomic mass is 10.1. The predicted molar refractivity (Wildman–Crippen MR) is 81.5 cm³/mol. The van der Waals surface area contributed by atoms with Gasteiger partial charge in [-0.05, 0) is 23.6 Å². The van der Waals surface area contributed by atoms with E-state index in [-0.39, 0.29) is 9.64 Å². The van der Waals surface area contributed by atoms with Gasteiger partial charge in [-0.25, -0.2) is 0 Å². The fourth-order valence-corrected chi connectivity index (χ4v) is 7.19. The van der Waals surface area contributed by atoms with E-state index in [4.69, 9.17) is 0 Å². The summed E-state index contributed by atoms with van der Waals surface area (Å²) in [4.78, 5) is 1.99. The summed E-state index contributed by atoms with van der Waals surface area (Å²) in [5.41, 5.74) is -2.51. The van der Waals surface area contributed by atoms with Gasteiger partial charge in [0.2, 0.25) is 2.88 Å². The van der Waals surface area contributed by atoms with Crippen LogP contribution >= 0.6 is 22.7 Å². The molecule has 0 amide bonds. The second-order valence-electron chi connectivity index (χ2n) is 4.90. The molecule has 2 heterocycles. The standard InChI is InChI=1S/C16H8F6IS2/c17-15(18,19)9-6-10(16(20,21)22)8-11(7-9)23-14-4-3-13(25-14)12-2-1-5-24-12/h1-8H/q+1. The summed E-state index contributed by atoms with van der Waals surface area (Å²) in [5, 5.41) is 1.91. The van der Waals surface area contributed by atoms with Crippen LogP contribution in [-0.4, -0.2) is 0 Å². The first-order valence-corrected chi connectivity index (χ1v) is 10.6. The van der Waals surface area contributed by atoms with Crippen molar-refractivity contribution >= 4 is 22.7 Å². The SMILES string of the molecule is FC(F)(F)c1cc([I+]c2ccc(-c3cccs3)s2)cc(C(F)(F)F)c1. The number of thiophene rings is 2. The van der Waals surface area contributed by atoms with E-state index in [0.717, 1.165) is 24.8 Å². The highest BCUT2D eigenvalue weighted by Crippen LogP contribution is 2.35. The Morgan fingerprint density at radius 2 is 1.40 bits per heavy atom. The minimum atomic E-state index is -4.81. The molecule has 9 heteroatoms. The fraction of sp³-hybridized carbons (Fsp3) is 0.125. The van der Waals surface area contributed by atoms with Crippen LogP contribution in [0.5, 0.6) is 0 Å². The van der Waals surface area contributed by atoms with Gasteiger partial charge in [0.15, 0.2) is 3.57 Å². The number of alkyl halides is 6. The van der Waals surface area contributed by atoms with E-state index >= 15 is 0 Å².